The Hall–Kier alpha value is -3.79. The van der Waals surface area contributed by atoms with Crippen molar-refractivity contribution in [2.24, 2.45) is 0 Å². The Morgan fingerprint density at radius 3 is 2.26 bits per heavy atom. The van der Waals surface area contributed by atoms with Gasteiger partial charge >= 0.3 is 5.88 Å². The molecule has 10 heteroatoms. The average molecular weight is 435 g/mol. The molecule has 0 unspecified atom stereocenters. The zero-order valence-corrected chi connectivity index (χ0v) is 17.8. The van der Waals surface area contributed by atoms with Gasteiger partial charge in [-0.25, -0.2) is 4.98 Å². The van der Waals surface area contributed by atoms with Gasteiger partial charge in [0.25, 0.3) is 6.20 Å². The van der Waals surface area contributed by atoms with Gasteiger partial charge in [0.05, 0.1) is 24.6 Å². The van der Waals surface area contributed by atoms with Crippen LogP contribution in [0.2, 0.25) is 0 Å². The molecule has 0 aliphatic heterocycles. The van der Waals surface area contributed by atoms with Crippen molar-refractivity contribution < 1.29 is 14.1 Å². The van der Waals surface area contributed by atoms with Crippen LogP contribution in [-0.2, 0) is 4.79 Å². The van der Waals surface area contributed by atoms with Crippen molar-refractivity contribution in [3.05, 3.63) is 66.9 Å². The van der Waals surface area contributed by atoms with Crippen LogP contribution in [0.4, 0.5) is 5.88 Å². The molecule has 4 rings (SSSR count). The first-order valence-corrected chi connectivity index (χ1v) is 10.4. The summed E-state index contributed by atoms with van der Waals surface area (Å²) in [7, 11) is 3.61. The standard InChI is InChI=1S/C21H19N7O2S/c1-27(2)28-13-18(30-26-28)22-17(29)14-31-21-23-19(15-9-5-3-6-10-15)20(24-25-21)16-11-7-4-8-12-16/h3-13H,14H2,1-2H3/p+1. The van der Waals surface area contributed by atoms with Crippen LogP contribution in [-0.4, -0.2) is 46.2 Å². The van der Waals surface area contributed by atoms with Crippen molar-refractivity contribution in [2.45, 2.75) is 5.16 Å². The molecule has 0 fully saturated rings. The number of thioether (sulfide) groups is 1. The maximum absolute atomic E-state index is 12.3. The fourth-order valence-electron chi connectivity index (χ4n) is 2.75. The first-order valence-electron chi connectivity index (χ1n) is 9.44. The van der Waals surface area contributed by atoms with Gasteiger partial charge in [-0.2, -0.15) is 5.01 Å². The van der Waals surface area contributed by atoms with Crippen molar-refractivity contribution in [3.8, 4) is 22.5 Å². The first kappa shape index (κ1) is 20.5. The normalized spacial score (nSPS) is 10.6. The van der Waals surface area contributed by atoms with Crippen LogP contribution < -0.4 is 15.1 Å². The number of aromatic nitrogens is 5. The van der Waals surface area contributed by atoms with Crippen LogP contribution in [0.15, 0.2) is 76.5 Å². The number of hydrogen-bond acceptors (Lipinski definition) is 8. The highest BCUT2D eigenvalue weighted by atomic mass is 32.2. The van der Waals surface area contributed by atoms with Gasteiger partial charge in [0, 0.05) is 11.1 Å². The lowest BCUT2D eigenvalue weighted by molar-refractivity contribution is -0.753. The van der Waals surface area contributed by atoms with Crippen LogP contribution in [0.25, 0.3) is 22.5 Å². The van der Waals surface area contributed by atoms with Crippen LogP contribution in [0.3, 0.4) is 0 Å². The Balaban J connectivity index is 1.51. The fraction of sp³-hybridized carbons (Fsp3) is 0.143. The molecule has 0 aliphatic rings. The smallest absolute Gasteiger partial charge is 0.288 e. The molecular formula is C21H20N7O2S+. The second-order valence-corrected chi connectivity index (χ2v) is 7.64. The van der Waals surface area contributed by atoms with Gasteiger partial charge in [0.2, 0.25) is 16.3 Å². The molecule has 156 valence electrons. The largest absolute Gasteiger partial charge is 0.305 e. The number of amides is 1. The summed E-state index contributed by atoms with van der Waals surface area (Å²) in [5, 5.41) is 17.2. The summed E-state index contributed by atoms with van der Waals surface area (Å²) in [4.78, 5) is 18.4. The number of benzene rings is 2. The van der Waals surface area contributed by atoms with E-state index < -0.39 is 0 Å². The predicted octanol–water partition coefficient (Wildman–Crippen LogP) is 2.41. The Morgan fingerprint density at radius 1 is 1.00 bits per heavy atom. The van der Waals surface area contributed by atoms with E-state index in [0.29, 0.717) is 16.5 Å². The van der Waals surface area contributed by atoms with Crippen LogP contribution >= 0.6 is 11.8 Å². The lowest BCUT2D eigenvalue weighted by atomic mass is 10.0. The molecule has 0 saturated carbocycles. The highest BCUT2D eigenvalue weighted by Crippen LogP contribution is 2.29. The number of carbonyl (C=O) groups excluding carboxylic acids is 1. The summed E-state index contributed by atoms with van der Waals surface area (Å²) in [6.07, 6.45) is 1.57. The SMILES string of the molecule is CN(C)[n+]1cc(NC(=O)CSc2nnc(-c3ccccc3)c(-c3ccccc3)n2)on1. The van der Waals surface area contributed by atoms with E-state index in [1.54, 1.807) is 25.3 Å². The zero-order valence-electron chi connectivity index (χ0n) is 17.0. The second-order valence-electron chi connectivity index (χ2n) is 6.69. The Kier molecular flexibility index (Phi) is 6.18. The van der Waals surface area contributed by atoms with E-state index in [1.165, 1.54) is 16.6 Å². The van der Waals surface area contributed by atoms with Gasteiger partial charge in [-0.1, -0.05) is 72.4 Å². The van der Waals surface area contributed by atoms with Gasteiger partial charge in [0.15, 0.2) is 0 Å². The molecule has 2 aromatic carbocycles. The van der Waals surface area contributed by atoms with Crippen molar-refractivity contribution in [3.63, 3.8) is 0 Å². The maximum Gasteiger partial charge on any atom is 0.305 e. The minimum absolute atomic E-state index is 0.100. The highest BCUT2D eigenvalue weighted by Gasteiger charge is 2.17. The Morgan fingerprint density at radius 2 is 1.65 bits per heavy atom. The summed E-state index contributed by atoms with van der Waals surface area (Å²) in [6, 6.07) is 19.6. The minimum atomic E-state index is -0.260. The minimum Gasteiger partial charge on any atom is -0.288 e. The number of carbonyl (C=O) groups is 1. The number of nitrogens with one attached hydrogen (secondary N) is 1. The van der Waals surface area contributed by atoms with Crippen molar-refractivity contribution in [1.82, 2.24) is 20.5 Å². The summed E-state index contributed by atoms with van der Waals surface area (Å²) < 4.78 is 5.08. The monoisotopic (exact) mass is 434 g/mol. The molecule has 0 bridgehead atoms. The number of nitrogens with zero attached hydrogens (tertiary/aromatic N) is 6. The summed E-state index contributed by atoms with van der Waals surface area (Å²) >= 11 is 1.20. The average Bonchev–Trinajstić information content (AvgIpc) is 3.27. The van der Waals surface area contributed by atoms with Gasteiger partial charge in [-0.15, -0.1) is 10.2 Å². The summed E-state index contributed by atoms with van der Waals surface area (Å²) in [5.41, 5.74) is 3.26. The quantitative estimate of drug-likeness (QED) is 0.350. The fourth-order valence-corrected chi connectivity index (χ4v) is 3.33. The van der Waals surface area contributed by atoms with E-state index in [-0.39, 0.29) is 17.5 Å². The van der Waals surface area contributed by atoms with E-state index in [2.05, 4.69) is 25.8 Å². The van der Waals surface area contributed by atoms with Gasteiger partial charge in [-0.05, 0) is 0 Å². The molecule has 0 saturated heterocycles. The number of rotatable bonds is 7. The van der Waals surface area contributed by atoms with Crippen LogP contribution in [0.5, 0.6) is 0 Å². The van der Waals surface area contributed by atoms with Gasteiger partial charge in [0.1, 0.15) is 11.4 Å². The van der Waals surface area contributed by atoms with E-state index in [9.17, 15) is 4.79 Å². The zero-order chi connectivity index (χ0) is 21.6. The molecule has 2 heterocycles. The number of anilines is 1. The Labute approximate surface area is 183 Å². The highest BCUT2D eigenvalue weighted by molar-refractivity contribution is 7.99. The van der Waals surface area contributed by atoms with Crippen LogP contribution in [0.1, 0.15) is 0 Å². The third kappa shape index (κ3) is 5.04. The van der Waals surface area contributed by atoms with E-state index >= 15 is 0 Å². The topological polar surface area (TPSA) is 101 Å². The molecule has 2 aromatic heterocycles. The molecule has 4 aromatic rings. The third-order valence-electron chi connectivity index (χ3n) is 4.22. The van der Waals surface area contributed by atoms with Crippen LogP contribution in [0, 0.1) is 0 Å². The number of hydrogen-bond donors (Lipinski definition) is 1. The molecule has 0 atom stereocenters. The third-order valence-corrected chi connectivity index (χ3v) is 5.06. The van der Waals surface area contributed by atoms with E-state index in [4.69, 9.17) is 4.52 Å². The maximum atomic E-state index is 12.3. The van der Waals surface area contributed by atoms with Crippen molar-refractivity contribution in [1.29, 1.82) is 0 Å². The Bertz CT molecular complexity index is 1170. The lowest BCUT2D eigenvalue weighted by Crippen LogP contribution is -2.53. The van der Waals surface area contributed by atoms with Crippen molar-refractivity contribution >= 4 is 23.6 Å². The molecule has 0 spiro atoms. The molecular weight excluding hydrogens is 414 g/mol. The second kappa shape index (κ2) is 9.35. The summed E-state index contributed by atoms with van der Waals surface area (Å²) in [5.74, 6) is 0.0929. The molecule has 9 nitrogen and oxygen atoms in total. The van der Waals surface area contributed by atoms with E-state index in [0.717, 1.165) is 11.1 Å². The molecule has 0 radical (unpaired) electrons. The van der Waals surface area contributed by atoms with Gasteiger partial charge < -0.3 is 0 Å². The molecule has 0 aliphatic carbocycles. The van der Waals surface area contributed by atoms with E-state index in [1.807, 2.05) is 60.7 Å². The summed E-state index contributed by atoms with van der Waals surface area (Å²) in [6.45, 7) is 0. The van der Waals surface area contributed by atoms with Crippen molar-refractivity contribution in [2.75, 3.05) is 30.2 Å². The van der Waals surface area contributed by atoms with Gasteiger partial charge in [-0.3, -0.25) is 14.6 Å². The molecule has 31 heavy (non-hydrogen) atoms. The molecule has 1 amide bonds. The lowest BCUT2D eigenvalue weighted by Gasteiger charge is -2.09. The first-order chi connectivity index (χ1) is 15.1. The molecule has 1 N–H and O–H groups in total. The predicted molar refractivity (Wildman–Crippen MR) is 117 cm³/mol.